The van der Waals surface area contributed by atoms with Gasteiger partial charge < -0.3 is 5.11 Å². The second kappa shape index (κ2) is 5.27. The predicted octanol–water partition coefficient (Wildman–Crippen LogP) is 4.03. The molecule has 0 aliphatic heterocycles. The van der Waals surface area contributed by atoms with E-state index >= 15 is 0 Å². The standard InChI is InChI=1S/C19H23NO/c1-13-9-10-16(12-14(13)2)19(3,21)17-8-4-6-15-7-5-11-20-18(15)17/h5,7,9-12,17,21H,4,6,8H2,1-3H3. The maximum atomic E-state index is 11.2. The average Bonchev–Trinajstić information content (AvgIpc) is 2.49. The van der Waals surface area contributed by atoms with Crippen LogP contribution >= 0.6 is 0 Å². The first kappa shape index (κ1) is 14.3. The molecule has 2 aromatic rings. The van der Waals surface area contributed by atoms with E-state index in [-0.39, 0.29) is 5.92 Å². The van der Waals surface area contributed by atoms with Crippen LogP contribution in [-0.2, 0) is 12.0 Å². The summed E-state index contributed by atoms with van der Waals surface area (Å²) < 4.78 is 0. The molecule has 2 nitrogen and oxygen atoms in total. The minimum atomic E-state index is -0.873. The number of aliphatic hydroxyl groups is 1. The van der Waals surface area contributed by atoms with Gasteiger partial charge in [-0.15, -0.1) is 0 Å². The van der Waals surface area contributed by atoms with Gasteiger partial charge in [0.2, 0.25) is 0 Å². The zero-order chi connectivity index (χ0) is 15.0. The molecule has 2 unspecified atom stereocenters. The number of aromatic nitrogens is 1. The van der Waals surface area contributed by atoms with Crippen LogP contribution in [0, 0.1) is 13.8 Å². The van der Waals surface area contributed by atoms with Gasteiger partial charge in [-0.3, -0.25) is 4.98 Å². The molecule has 1 heterocycles. The van der Waals surface area contributed by atoms with Crippen molar-refractivity contribution < 1.29 is 5.11 Å². The molecular weight excluding hydrogens is 258 g/mol. The number of benzene rings is 1. The van der Waals surface area contributed by atoms with Crippen LogP contribution in [0.25, 0.3) is 0 Å². The van der Waals surface area contributed by atoms with Crippen molar-refractivity contribution in [3.63, 3.8) is 0 Å². The average molecular weight is 281 g/mol. The first-order valence-electron chi connectivity index (χ1n) is 7.74. The molecular formula is C19H23NO. The maximum absolute atomic E-state index is 11.2. The number of aryl methyl sites for hydroxylation is 3. The molecule has 0 saturated carbocycles. The van der Waals surface area contributed by atoms with Crippen LogP contribution in [0.4, 0.5) is 0 Å². The van der Waals surface area contributed by atoms with Crippen molar-refractivity contribution in [1.29, 1.82) is 0 Å². The predicted molar refractivity (Wildman–Crippen MR) is 85.4 cm³/mol. The van der Waals surface area contributed by atoms with E-state index in [1.54, 1.807) is 0 Å². The summed E-state index contributed by atoms with van der Waals surface area (Å²) in [6.45, 7) is 6.14. The summed E-state index contributed by atoms with van der Waals surface area (Å²) in [4.78, 5) is 4.57. The normalized spacial score (nSPS) is 20.7. The zero-order valence-electron chi connectivity index (χ0n) is 13.1. The van der Waals surface area contributed by atoms with Crippen LogP contribution < -0.4 is 0 Å². The van der Waals surface area contributed by atoms with Gasteiger partial charge in [-0.25, -0.2) is 0 Å². The third kappa shape index (κ3) is 2.49. The zero-order valence-corrected chi connectivity index (χ0v) is 13.1. The maximum Gasteiger partial charge on any atom is 0.0952 e. The summed E-state index contributed by atoms with van der Waals surface area (Å²) >= 11 is 0. The quantitative estimate of drug-likeness (QED) is 0.901. The second-order valence-electron chi connectivity index (χ2n) is 6.44. The van der Waals surface area contributed by atoms with Gasteiger partial charge in [0.25, 0.3) is 0 Å². The van der Waals surface area contributed by atoms with Crippen LogP contribution in [0.3, 0.4) is 0 Å². The third-order valence-corrected chi connectivity index (χ3v) is 4.96. The van der Waals surface area contributed by atoms with Crippen molar-refractivity contribution in [1.82, 2.24) is 4.98 Å². The SMILES string of the molecule is Cc1ccc(C(C)(O)C2CCCc3cccnc32)cc1C. The molecule has 0 spiro atoms. The number of fused-ring (bicyclic) bond motifs is 1. The highest BCUT2D eigenvalue weighted by atomic mass is 16.3. The van der Waals surface area contributed by atoms with Gasteiger partial charge in [0.15, 0.2) is 0 Å². The first-order chi connectivity index (χ1) is 10.00. The molecule has 0 bridgehead atoms. The van der Waals surface area contributed by atoms with E-state index in [0.29, 0.717) is 0 Å². The lowest BCUT2D eigenvalue weighted by atomic mass is 9.73. The summed E-state index contributed by atoms with van der Waals surface area (Å²) in [5.41, 5.74) is 4.97. The third-order valence-electron chi connectivity index (χ3n) is 4.96. The fourth-order valence-electron chi connectivity index (χ4n) is 3.41. The van der Waals surface area contributed by atoms with Gasteiger partial charge in [0.1, 0.15) is 0 Å². The number of pyridine rings is 1. The molecule has 2 heteroatoms. The minimum Gasteiger partial charge on any atom is -0.385 e. The highest BCUT2D eigenvalue weighted by Crippen LogP contribution is 2.43. The Hall–Kier alpha value is -1.67. The Labute approximate surface area is 126 Å². The molecule has 2 atom stereocenters. The van der Waals surface area contributed by atoms with Gasteiger partial charge >= 0.3 is 0 Å². The topological polar surface area (TPSA) is 33.1 Å². The van der Waals surface area contributed by atoms with Crippen LogP contribution in [0.2, 0.25) is 0 Å². The van der Waals surface area contributed by atoms with Crippen molar-refractivity contribution in [2.75, 3.05) is 0 Å². The lowest BCUT2D eigenvalue weighted by Crippen LogP contribution is -2.33. The smallest absolute Gasteiger partial charge is 0.0952 e. The fraction of sp³-hybridized carbons (Fsp3) is 0.421. The number of nitrogens with zero attached hydrogens (tertiary/aromatic N) is 1. The molecule has 0 saturated heterocycles. The van der Waals surface area contributed by atoms with Crippen LogP contribution in [0.15, 0.2) is 36.5 Å². The molecule has 0 radical (unpaired) electrons. The summed E-state index contributed by atoms with van der Waals surface area (Å²) in [6.07, 6.45) is 5.02. The van der Waals surface area contributed by atoms with Crippen molar-refractivity contribution in [2.24, 2.45) is 0 Å². The first-order valence-corrected chi connectivity index (χ1v) is 7.74. The van der Waals surface area contributed by atoms with E-state index < -0.39 is 5.60 Å². The van der Waals surface area contributed by atoms with E-state index in [0.717, 1.165) is 30.5 Å². The molecule has 1 aliphatic carbocycles. The van der Waals surface area contributed by atoms with Crippen molar-refractivity contribution >= 4 is 0 Å². The van der Waals surface area contributed by atoms with Gasteiger partial charge in [-0.05, 0) is 68.4 Å². The Kier molecular flexibility index (Phi) is 3.58. The molecule has 3 rings (SSSR count). The van der Waals surface area contributed by atoms with Crippen molar-refractivity contribution in [2.45, 2.75) is 51.6 Å². The Balaban J connectivity index is 2.04. The summed E-state index contributed by atoms with van der Waals surface area (Å²) in [5, 5.41) is 11.2. The molecule has 1 N–H and O–H groups in total. The molecule has 0 amide bonds. The highest BCUT2D eigenvalue weighted by Gasteiger charge is 2.38. The fourth-order valence-corrected chi connectivity index (χ4v) is 3.41. The van der Waals surface area contributed by atoms with Gasteiger partial charge in [0.05, 0.1) is 5.60 Å². The van der Waals surface area contributed by atoms with Crippen molar-refractivity contribution in [3.05, 3.63) is 64.5 Å². The van der Waals surface area contributed by atoms with E-state index in [4.69, 9.17) is 0 Å². The van der Waals surface area contributed by atoms with E-state index in [2.05, 4.69) is 43.1 Å². The van der Waals surface area contributed by atoms with Crippen LogP contribution in [0.1, 0.15) is 53.6 Å². The van der Waals surface area contributed by atoms with Gasteiger partial charge in [-0.1, -0.05) is 24.3 Å². The molecule has 21 heavy (non-hydrogen) atoms. The van der Waals surface area contributed by atoms with Crippen LogP contribution in [0.5, 0.6) is 0 Å². The Bertz CT molecular complexity index is 660. The van der Waals surface area contributed by atoms with Gasteiger partial charge in [-0.2, -0.15) is 0 Å². The number of rotatable bonds is 2. The molecule has 1 aromatic carbocycles. The summed E-state index contributed by atoms with van der Waals surface area (Å²) in [7, 11) is 0. The number of hydrogen-bond donors (Lipinski definition) is 1. The van der Waals surface area contributed by atoms with E-state index in [1.807, 2.05) is 19.2 Å². The Morgan fingerprint density at radius 3 is 2.76 bits per heavy atom. The summed E-state index contributed by atoms with van der Waals surface area (Å²) in [6, 6.07) is 10.4. The molecule has 1 aliphatic rings. The Morgan fingerprint density at radius 2 is 2.00 bits per heavy atom. The van der Waals surface area contributed by atoms with E-state index in [1.165, 1.54) is 16.7 Å². The molecule has 110 valence electrons. The van der Waals surface area contributed by atoms with Crippen molar-refractivity contribution in [3.8, 4) is 0 Å². The monoisotopic (exact) mass is 281 g/mol. The van der Waals surface area contributed by atoms with Crippen LogP contribution in [-0.4, -0.2) is 10.1 Å². The van der Waals surface area contributed by atoms with Gasteiger partial charge in [0, 0.05) is 17.8 Å². The van der Waals surface area contributed by atoms with E-state index in [9.17, 15) is 5.11 Å². The largest absolute Gasteiger partial charge is 0.385 e. The minimum absolute atomic E-state index is 0.0737. The number of hydrogen-bond acceptors (Lipinski definition) is 2. The molecule has 1 aromatic heterocycles. The molecule has 0 fully saturated rings. The lowest BCUT2D eigenvalue weighted by molar-refractivity contribution is 0.0188. The highest BCUT2D eigenvalue weighted by molar-refractivity contribution is 5.37. The Morgan fingerprint density at radius 1 is 1.19 bits per heavy atom. The lowest BCUT2D eigenvalue weighted by Gasteiger charge is -2.37. The second-order valence-corrected chi connectivity index (χ2v) is 6.44. The summed E-state index contributed by atoms with van der Waals surface area (Å²) in [5.74, 6) is 0.0737.